The van der Waals surface area contributed by atoms with Crippen molar-refractivity contribution in [3.8, 4) is 23.0 Å². The Balaban J connectivity index is 0.000000149. The molecule has 2 atom stereocenters. The zero-order valence-corrected chi connectivity index (χ0v) is 19.3. The summed E-state index contributed by atoms with van der Waals surface area (Å²) in [4.78, 5) is 24.0. The minimum absolute atomic E-state index is 0.0328. The van der Waals surface area contributed by atoms with Crippen LogP contribution >= 0.6 is 0 Å². The molecule has 0 amide bonds. The second-order valence-corrected chi connectivity index (χ2v) is 8.59. The van der Waals surface area contributed by atoms with Crippen LogP contribution in [-0.2, 0) is 0 Å². The lowest BCUT2D eigenvalue weighted by molar-refractivity contribution is 0.0838. The van der Waals surface area contributed by atoms with Crippen molar-refractivity contribution < 1.29 is 29.3 Å². The van der Waals surface area contributed by atoms with Gasteiger partial charge in [0, 0.05) is 5.56 Å². The molecule has 2 aliphatic rings. The predicted molar refractivity (Wildman–Crippen MR) is 134 cm³/mol. The lowest BCUT2D eigenvalue weighted by atomic mass is 9.95. The molecule has 4 aromatic carbocycles. The average Bonchev–Trinajstić information content (AvgIpc) is 2.91. The minimum Gasteiger partial charge on any atom is -0.504 e. The fourth-order valence-electron chi connectivity index (χ4n) is 4.38. The van der Waals surface area contributed by atoms with Crippen LogP contribution in [-0.4, -0.2) is 21.8 Å². The van der Waals surface area contributed by atoms with Gasteiger partial charge in [-0.1, -0.05) is 66.7 Å². The molecule has 0 saturated carbocycles. The molecule has 6 heteroatoms. The summed E-state index contributed by atoms with van der Waals surface area (Å²) in [6, 6.07) is 28.9. The molecule has 2 unspecified atom stereocenters. The first-order valence-corrected chi connectivity index (χ1v) is 11.6. The molecule has 2 heterocycles. The number of hydrogen-bond donors (Lipinski definition) is 2. The number of ketones is 2. The summed E-state index contributed by atoms with van der Waals surface area (Å²) < 4.78 is 11.6. The van der Waals surface area contributed by atoms with E-state index in [0.717, 1.165) is 5.56 Å². The summed E-state index contributed by atoms with van der Waals surface area (Å²) in [5.41, 5.74) is 2.72. The highest BCUT2D eigenvalue weighted by Gasteiger charge is 2.29. The standard InChI is InChI=1S/C15H12O4.C15H12O2/c16-11-6-3-5-10(15(11)18)14-8-12(17)9-4-1-2-7-13(9)19-14;16-13-10-15(11-6-2-1-3-7-11)17-14-9-5-4-8-12(13)14/h1-7,14,16,18H,8H2;1-9,15H,10H2. The number of rotatable bonds is 2. The van der Waals surface area contributed by atoms with Gasteiger partial charge in [-0.05, 0) is 35.9 Å². The number of aromatic hydroxyl groups is 2. The van der Waals surface area contributed by atoms with Gasteiger partial charge < -0.3 is 19.7 Å². The van der Waals surface area contributed by atoms with Gasteiger partial charge >= 0.3 is 0 Å². The van der Waals surface area contributed by atoms with Crippen LogP contribution < -0.4 is 9.47 Å². The van der Waals surface area contributed by atoms with E-state index < -0.39 is 6.10 Å². The molecule has 36 heavy (non-hydrogen) atoms. The summed E-state index contributed by atoms with van der Waals surface area (Å²) >= 11 is 0. The molecule has 180 valence electrons. The molecule has 4 aromatic rings. The number of phenols is 2. The van der Waals surface area contributed by atoms with E-state index in [-0.39, 0.29) is 35.6 Å². The van der Waals surface area contributed by atoms with Crippen molar-refractivity contribution in [1.82, 2.24) is 0 Å². The van der Waals surface area contributed by atoms with Gasteiger partial charge in [0.2, 0.25) is 0 Å². The Morgan fingerprint density at radius 2 is 1.11 bits per heavy atom. The van der Waals surface area contributed by atoms with E-state index in [9.17, 15) is 19.8 Å². The van der Waals surface area contributed by atoms with E-state index >= 15 is 0 Å². The third-order valence-electron chi connectivity index (χ3n) is 6.22. The van der Waals surface area contributed by atoms with E-state index in [0.29, 0.717) is 34.6 Å². The number of benzene rings is 4. The quantitative estimate of drug-likeness (QED) is 0.332. The number of ether oxygens (including phenoxy) is 2. The number of carbonyl (C=O) groups is 2. The van der Waals surface area contributed by atoms with Crippen molar-refractivity contribution >= 4 is 11.6 Å². The number of Topliss-reactive ketones (excluding diaryl/α,β-unsaturated/α-hetero) is 2. The summed E-state index contributed by atoms with van der Waals surface area (Å²) in [6.45, 7) is 0. The van der Waals surface area contributed by atoms with E-state index in [2.05, 4.69) is 0 Å². The normalized spacial score (nSPS) is 18.0. The molecule has 0 fully saturated rings. The van der Waals surface area contributed by atoms with Crippen LogP contribution in [0.1, 0.15) is 56.9 Å². The number of phenolic OH excluding ortho intramolecular Hbond substituents is 2. The Bertz CT molecular complexity index is 1410. The Morgan fingerprint density at radius 3 is 1.75 bits per heavy atom. The number of para-hydroxylation sites is 3. The van der Waals surface area contributed by atoms with Crippen molar-refractivity contribution in [2.75, 3.05) is 0 Å². The molecule has 6 rings (SSSR count). The lowest BCUT2D eigenvalue weighted by Gasteiger charge is -2.26. The third kappa shape index (κ3) is 4.66. The van der Waals surface area contributed by atoms with Crippen LogP contribution in [0.15, 0.2) is 97.1 Å². The van der Waals surface area contributed by atoms with Crippen molar-refractivity contribution in [3.05, 3.63) is 119 Å². The van der Waals surface area contributed by atoms with Crippen LogP contribution in [0, 0.1) is 0 Å². The second kappa shape index (κ2) is 9.96. The van der Waals surface area contributed by atoms with Gasteiger partial charge in [-0.2, -0.15) is 0 Å². The van der Waals surface area contributed by atoms with Gasteiger partial charge in [-0.3, -0.25) is 9.59 Å². The Labute approximate surface area is 208 Å². The fourth-order valence-corrected chi connectivity index (χ4v) is 4.38. The van der Waals surface area contributed by atoms with Crippen LogP contribution in [0.3, 0.4) is 0 Å². The zero-order chi connectivity index (χ0) is 25.1. The maximum absolute atomic E-state index is 12.0. The first-order valence-electron chi connectivity index (χ1n) is 11.6. The lowest BCUT2D eigenvalue weighted by Crippen LogP contribution is -2.20. The van der Waals surface area contributed by atoms with Crippen LogP contribution in [0.25, 0.3) is 0 Å². The Morgan fingerprint density at radius 1 is 0.583 bits per heavy atom. The average molecular weight is 481 g/mol. The minimum atomic E-state index is -0.575. The molecular formula is C30H24O6. The van der Waals surface area contributed by atoms with E-state index in [4.69, 9.17) is 9.47 Å². The SMILES string of the molecule is O=C1CC(c2cccc(O)c2O)Oc2ccccc21.O=C1CC(c2ccccc2)Oc2ccccc21. The first-order chi connectivity index (χ1) is 17.5. The molecule has 2 N–H and O–H groups in total. The van der Waals surface area contributed by atoms with Crippen LogP contribution in [0.4, 0.5) is 0 Å². The summed E-state index contributed by atoms with van der Waals surface area (Å²) in [6.07, 6.45) is -0.164. The first kappa shape index (κ1) is 23.2. The van der Waals surface area contributed by atoms with Gasteiger partial charge in [0.05, 0.1) is 24.0 Å². The predicted octanol–water partition coefficient (Wildman–Crippen LogP) is 6.20. The number of fused-ring (bicyclic) bond motifs is 2. The van der Waals surface area contributed by atoms with Gasteiger partial charge in [0.1, 0.15) is 23.7 Å². The molecule has 6 nitrogen and oxygen atoms in total. The Kier molecular flexibility index (Phi) is 6.41. The largest absolute Gasteiger partial charge is 0.504 e. The van der Waals surface area contributed by atoms with E-state index in [1.165, 1.54) is 6.07 Å². The molecule has 0 saturated heterocycles. The van der Waals surface area contributed by atoms with E-state index in [1.54, 1.807) is 36.4 Å². The summed E-state index contributed by atoms with van der Waals surface area (Å²) in [5, 5.41) is 19.3. The van der Waals surface area contributed by atoms with Crippen molar-refractivity contribution in [2.24, 2.45) is 0 Å². The molecule has 0 spiro atoms. The fraction of sp³-hybridized carbons (Fsp3) is 0.133. The van der Waals surface area contributed by atoms with Crippen molar-refractivity contribution in [3.63, 3.8) is 0 Å². The van der Waals surface area contributed by atoms with Gasteiger partial charge in [-0.25, -0.2) is 0 Å². The summed E-state index contributed by atoms with van der Waals surface area (Å²) in [5.74, 6) is 0.867. The van der Waals surface area contributed by atoms with Gasteiger partial charge in [-0.15, -0.1) is 0 Å². The number of carbonyl (C=O) groups excluding carboxylic acids is 2. The third-order valence-corrected chi connectivity index (χ3v) is 6.22. The highest BCUT2D eigenvalue weighted by molar-refractivity contribution is 6.00. The monoisotopic (exact) mass is 480 g/mol. The topological polar surface area (TPSA) is 93.1 Å². The van der Waals surface area contributed by atoms with Crippen LogP contribution in [0.2, 0.25) is 0 Å². The molecular weight excluding hydrogens is 456 g/mol. The van der Waals surface area contributed by atoms with Gasteiger partial charge in [0.15, 0.2) is 23.1 Å². The van der Waals surface area contributed by atoms with Crippen molar-refractivity contribution in [1.29, 1.82) is 0 Å². The number of hydrogen-bond acceptors (Lipinski definition) is 6. The van der Waals surface area contributed by atoms with Crippen molar-refractivity contribution in [2.45, 2.75) is 25.0 Å². The van der Waals surface area contributed by atoms with Gasteiger partial charge in [0.25, 0.3) is 0 Å². The Hall–Kier alpha value is -4.58. The molecule has 0 radical (unpaired) electrons. The highest BCUT2D eigenvalue weighted by Crippen LogP contribution is 2.40. The molecule has 0 bridgehead atoms. The maximum Gasteiger partial charge on any atom is 0.170 e. The molecule has 0 aromatic heterocycles. The maximum atomic E-state index is 12.0. The van der Waals surface area contributed by atoms with E-state index in [1.807, 2.05) is 54.6 Å². The van der Waals surface area contributed by atoms with Crippen LogP contribution in [0.5, 0.6) is 23.0 Å². The summed E-state index contributed by atoms with van der Waals surface area (Å²) in [7, 11) is 0. The second-order valence-electron chi connectivity index (χ2n) is 8.59. The zero-order valence-electron chi connectivity index (χ0n) is 19.3. The highest BCUT2D eigenvalue weighted by atomic mass is 16.5. The molecule has 2 aliphatic heterocycles. The molecule has 0 aliphatic carbocycles. The smallest absolute Gasteiger partial charge is 0.170 e.